The lowest BCUT2D eigenvalue weighted by molar-refractivity contribution is -0.136. The van der Waals surface area contributed by atoms with Gasteiger partial charge in [-0.1, -0.05) is 19.3 Å². The zero-order valence-electron chi connectivity index (χ0n) is 16.5. The lowest BCUT2D eigenvalue weighted by Gasteiger charge is -2.32. The third-order valence-electron chi connectivity index (χ3n) is 6.09. The molecule has 0 radical (unpaired) electrons. The van der Waals surface area contributed by atoms with Crippen molar-refractivity contribution in [2.45, 2.75) is 63.4 Å². The number of amides is 1. The zero-order chi connectivity index (χ0) is 19.6. The number of aryl methyl sites for hydroxylation is 1. The van der Waals surface area contributed by atoms with Crippen LogP contribution in [-0.2, 0) is 4.79 Å². The van der Waals surface area contributed by atoms with Crippen LogP contribution in [0.1, 0.15) is 62.3 Å². The van der Waals surface area contributed by atoms with Gasteiger partial charge in [0.1, 0.15) is 6.33 Å². The van der Waals surface area contributed by atoms with E-state index in [1.807, 2.05) is 17.9 Å². The topological polar surface area (TPSA) is 79.2 Å². The molecule has 3 heterocycles. The Labute approximate surface area is 166 Å². The predicted octanol–water partition coefficient (Wildman–Crippen LogP) is 3.25. The number of carbonyl (C=O) groups is 1. The van der Waals surface area contributed by atoms with Crippen LogP contribution in [0.4, 0.5) is 0 Å². The highest BCUT2D eigenvalue weighted by Crippen LogP contribution is 2.34. The Morgan fingerprint density at radius 1 is 1.18 bits per heavy atom. The molecule has 1 saturated heterocycles. The average molecular weight is 380 g/mol. The normalized spacial score (nSPS) is 21.6. The molecular formula is C22H28N4O2. The number of likely N-dealkylation sites (tertiary alicyclic amines) is 1. The van der Waals surface area contributed by atoms with Crippen LogP contribution in [0.15, 0.2) is 30.9 Å². The highest BCUT2D eigenvalue weighted by Gasteiger charge is 2.36. The third kappa shape index (κ3) is 4.22. The molecule has 148 valence electrons. The SMILES string of the molecule is Cc1cc(-c2cncnc2)cc([C@@H]2CCN(C(=O)CC3(O)CCCCC3)C2)n1. The van der Waals surface area contributed by atoms with E-state index in [-0.39, 0.29) is 18.2 Å². The molecular weight excluding hydrogens is 352 g/mol. The van der Waals surface area contributed by atoms with Crippen molar-refractivity contribution in [3.05, 3.63) is 42.2 Å². The number of hydrogen-bond acceptors (Lipinski definition) is 5. The summed E-state index contributed by atoms with van der Waals surface area (Å²) in [5, 5.41) is 10.7. The summed E-state index contributed by atoms with van der Waals surface area (Å²) in [5.41, 5.74) is 3.21. The number of hydrogen-bond donors (Lipinski definition) is 1. The lowest BCUT2D eigenvalue weighted by Crippen LogP contribution is -2.39. The summed E-state index contributed by atoms with van der Waals surface area (Å²) in [5.74, 6) is 0.310. The molecule has 2 aromatic rings. The van der Waals surface area contributed by atoms with Crippen LogP contribution in [0.25, 0.3) is 11.1 Å². The molecule has 6 nitrogen and oxygen atoms in total. The number of aromatic nitrogens is 3. The molecule has 1 saturated carbocycles. The molecule has 1 N–H and O–H groups in total. The van der Waals surface area contributed by atoms with E-state index in [2.05, 4.69) is 16.0 Å². The van der Waals surface area contributed by atoms with Gasteiger partial charge in [-0.05, 0) is 43.9 Å². The molecule has 1 aliphatic carbocycles. The Hall–Kier alpha value is -2.34. The number of carbonyl (C=O) groups excluding carboxylic acids is 1. The summed E-state index contributed by atoms with van der Waals surface area (Å²) in [6.07, 6.45) is 11.0. The summed E-state index contributed by atoms with van der Waals surface area (Å²) < 4.78 is 0. The van der Waals surface area contributed by atoms with E-state index in [9.17, 15) is 9.90 Å². The van der Waals surface area contributed by atoms with Crippen molar-refractivity contribution >= 4 is 5.91 Å². The summed E-state index contributed by atoms with van der Waals surface area (Å²) in [6.45, 7) is 3.41. The van der Waals surface area contributed by atoms with Crippen LogP contribution in [0.2, 0.25) is 0 Å². The largest absolute Gasteiger partial charge is 0.389 e. The van der Waals surface area contributed by atoms with Gasteiger partial charge in [0.2, 0.25) is 5.91 Å². The van der Waals surface area contributed by atoms with Crippen LogP contribution >= 0.6 is 0 Å². The Bertz CT molecular complexity index is 834. The maximum Gasteiger partial charge on any atom is 0.225 e. The van der Waals surface area contributed by atoms with Crippen molar-refractivity contribution < 1.29 is 9.90 Å². The minimum Gasteiger partial charge on any atom is -0.389 e. The minimum absolute atomic E-state index is 0.0798. The number of pyridine rings is 1. The Morgan fingerprint density at radius 3 is 2.68 bits per heavy atom. The van der Waals surface area contributed by atoms with Gasteiger partial charge >= 0.3 is 0 Å². The molecule has 2 aliphatic rings. The molecule has 4 rings (SSSR count). The molecule has 28 heavy (non-hydrogen) atoms. The fraction of sp³-hybridized carbons (Fsp3) is 0.545. The molecule has 0 spiro atoms. The Balaban J connectivity index is 1.45. The molecule has 1 atom stereocenters. The summed E-state index contributed by atoms with van der Waals surface area (Å²) >= 11 is 0. The molecule has 1 amide bonds. The van der Waals surface area contributed by atoms with Gasteiger partial charge in [0.25, 0.3) is 0 Å². The van der Waals surface area contributed by atoms with Gasteiger partial charge < -0.3 is 10.0 Å². The molecule has 0 unspecified atom stereocenters. The molecule has 2 aromatic heterocycles. The second-order valence-electron chi connectivity index (χ2n) is 8.34. The van der Waals surface area contributed by atoms with Gasteiger partial charge in [-0.3, -0.25) is 9.78 Å². The van der Waals surface area contributed by atoms with Gasteiger partial charge in [-0.25, -0.2) is 9.97 Å². The van der Waals surface area contributed by atoms with Crippen molar-refractivity contribution in [2.75, 3.05) is 13.1 Å². The van der Waals surface area contributed by atoms with Crippen molar-refractivity contribution in [1.29, 1.82) is 0 Å². The van der Waals surface area contributed by atoms with E-state index in [1.54, 1.807) is 12.4 Å². The highest BCUT2D eigenvalue weighted by atomic mass is 16.3. The van der Waals surface area contributed by atoms with Gasteiger partial charge in [0, 0.05) is 48.4 Å². The fourth-order valence-corrected chi connectivity index (χ4v) is 4.53. The maximum absolute atomic E-state index is 12.8. The maximum atomic E-state index is 12.8. The summed E-state index contributed by atoms with van der Waals surface area (Å²) in [6, 6.07) is 4.14. The first kappa shape index (κ1) is 19.0. The average Bonchev–Trinajstić information content (AvgIpc) is 3.19. The third-order valence-corrected chi connectivity index (χ3v) is 6.09. The fourth-order valence-electron chi connectivity index (χ4n) is 4.53. The van der Waals surface area contributed by atoms with Crippen molar-refractivity contribution in [3.8, 4) is 11.1 Å². The van der Waals surface area contributed by atoms with E-state index in [4.69, 9.17) is 4.98 Å². The molecule has 0 aromatic carbocycles. The van der Waals surface area contributed by atoms with Crippen LogP contribution in [0.3, 0.4) is 0 Å². The second-order valence-corrected chi connectivity index (χ2v) is 8.34. The zero-order valence-corrected chi connectivity index (χ0v) is 16.5. The first-order valence-electron chi connectivity index (χ1n) is 10.3. The molecule has 0 bridgehead atoms. The quantitative estimate of drug-likeness (QED) is 0.881. The van der Waals surface area contributed by atoms with E-state index in [0.29, 0.717) is 6.54 Å². The first-order chi connectivity index (χ1) is 13.5. The van der Waals surface area contributed by atoms with E-state index < -0.39 is 5.60 Å². The summed E-state index contributed by atoms with van der Waals surface area (Å²) in [7, 11) is 0. The minimum atomic E-state index is -0.796. The second kappa shape index (κ2) is 7.95. The van der Waals surface area contributed by atoms with Crippen LogP contribution in [0.5, 0.6) is 0 Å². The number of rotatable bonds is 4. The van der Waals surface area contributed by atoms with Gasteiger partial charge in [0.05, 0.1) is 12.0 Å². The number of nitrogens with zero attached hydrogens (tertiary/aromatic N) is 4. The van der Waals surface area contributed by atoms with E-state index >= 15 is 0 Å². The Morgan fingerprint density at radius 2 is 1.93 bits per heavy atom. The summed E-state index contributed by atoms with van der Waals surface area (Å²) in [4.78, 5) is 27.6. The van der Waals surface area contributed by atoms with Crippen molar-refractivity contribution in [1.82, 2.24) is 19.9 Å². The van der Waals surface area contributed by atoms with Gasteiger partial charge in [-0.2, -0.15) is 0 Å². The monoisotopic (exact) mass is 380 g/mol. The smallest absolute Gasteiger partial charge is 0.225 e. The van der Waals surface area contributed by atoms with E-state index in [1.165, 1.54) is 6.33 Å². The van der Waals surface area contributed by atoms with Gasteiger partial charge in [-0.15, -0.1) is 0 Å². The molecule has 1 aliphatic heterocycles. The molecule has 2 fully saturated rings. The van der Waals surface area contributed by atoms with Crippen LogP contribution in [0, 0.1) is 6.92 Å². The standard InChI is InChI=1S/C22H28N4O2/c1-16-9-18(19-12-23-15-24-13-19)10-20(25-16)17-5-8-26(14-17)21(27)11-22(28)6-3-2-4-7-22/h9-10,12-13,15,17,28H,2-8,11,14H2,1H3/t17-/m1/s1. The Kier molecular flexibility index (Phi) is 5.40. The number of aliphatic hydroxyl groups is 1. The van der Waals surface area contributed by atoms with Crippen LogP contribution in [-0.4, -0.2) is 49.6 Å². The van der Waals surface area contributed by atoms with Crippen molar-refractivity contribution in [3.63, 3.8) is 0 Å². The lowest BCUT2D eigenvalue weighted by atomic mass is 9.82. The van der Waals surface area contributed by atoms with Crippen LogP contribution < -0.4 is 0 Å². The molecule has 6 heteroatoms. The first-order valence-corrected chi connectivity index (χ1v) is 10.3. The predicted molar refractivity (Wildman–Crippen MR) is 107 cm³/mol. The van der Waals surface area contributed by atoms with Gasteiger partial charge in [0.15, 0.2) is 0 Å². The van der Waals surface area contributed by atoms with E-state index in [0.717, 1.165) is 67.6 Å². The van der Waals surface area contributed by atoms with Crippen molar-refractivity contribution in [2.24, 2.45) is 0 Å². The highest BCUT2D eigenvalue weighted by molar-refractivity contribution is 5.77.